The Morgan fingerprint density at radius 2 is 2.12 bits per heavy atom. The first-order chi connectivity index (χ1) is 15.5. The summed E-state index contributed by atoms with van der Waals surface area (Å²) in [5.74, 6) is 1.11. The van der Waals surface area contributed by atoms with Gasteiger partial charge in [0.05, 0.1) is 43.2 Å². The number of aromatic nitrogens is 4. The molecule has 0 unspecified atom stereocenters. The molecule has 1 aromatic carbocycles. The van der Waals surface area contributed by atoms with Gasteiger partial charge in [-0.15, -0.1) is 0 Å². The molecule has 1 saturated heterocycles. The molecule has 2 aromatic heterocycles. The number of rotatable bonds is 7. The minimum atomic E-state index is -0.421. The molecule has 0 bridgehead atoms. The van der Waals surface area contributed by atoms with Gasteiger partial charge < -0.3 is 24.8 Å². The summed E-state index contributed by atoms with van der Waals surface area (Å²) < 4.78 is 12.4. The molecule has 4 rings (SSSR count). The minimum absolute atomic E-state index is 0.0540. The third-order valence-corrected chi connectivity index (χ3v) is 5.14. The number of aryl methyl sites for hydroxylation is 1. The van der Waals surface area contributed by atoms with Gasteiger partial charge in [0, 0.05) is 49.2 Å². The average molecular weight is 441 g/mol. The molecule has 1 fully saturated rings. The van der Waals surface area contributed by atoms with Gasteiger partial charge in [0.25, 0.3) is 5.69 Å². The van der Waals surface area contributed by atoms with E-state index in [2.05, 4.69) is 20.4 Å². The fraction of sp³-hybridized carbons (Fsp3) is 0.350. The summed E-state index contributed by atoms with van der Waals surface area (Å²) in [5.41, 5.74) is 2.16. The van der Waals surface area contributed by atoms with E-state index in [9.17, 15) is 15.2 Å². The van der Waals surface area contributed by atoms with E-state index in [1.807, 2.05) is 4.90 Å². The maximum absolute atomic E-state index is 11.8. The van der Waals surface area contributed by atoms with Gasteiger partial charge in [-0.3, -0.25) is 10.1 Å². The zero-order chi connectivity index (χ0) is 22.7. The van der Waals surface area contributed by atoms with Crippen LogP contribution in [0, 0.1) is 17.0 Å². The van der Waals surface area contributed by atoms with Crippen LogP contribution in [0.5, 0.6) is 5.75 Å². The highest BCUT2D eigenvalue weighted by atomic mass is 16.6. The first-order valence-corrected chi connectivity index (χ1v) is 9.95. The fourth-order valence-electron chi connectivity index (χ4n) is 3.45. The van der Waals surface area contributed by atoms with E-state index in [0.29, 0.717) is 60.5 Å². The molecule has 0 atom stereocenters. The Morgan fingerprint density at radius 3 is 2.78 bits per heavy atom. The molecule has 0 aliphatic carbocycles. The Kier molecular flexibility index (Phi) is 6.14. The average Bonchev–Trinajstić information content (AvgIpc) is 3.20. The summed E-state index contributed by atoms with van der Waals surface area (Å²) in [7, 11) is 1.50. The van der Waals surface area contributed by atoms with Crippen LogP contribution in [0.25, 0.3) is 5.82 Å². The van der Waals surface area contributed by atoms with Crippen LogP contribution < -0.4 is 15.0 Å². The highest BCUT2D eigenvalue weighted by Gasteiger charge is 2.25. The monoisotopic (exact) mass is 441 g/mol. The first kappa shape index (κ1) is 21.5. The van der Waals surface area contributed by atoms with Crippen molar-refractivity contribution in [2.75, 3.05) is 43.6 Å². The molecule has 0 spiro atoms. The summed E-state index contributed by atoms with van der Waals surface area (Å²) in [6.45, 7) is 3.79. The smallest absolute Gasteiger partial charge is 0.294 e. The van der Waals surface area contributed by atoms with Crippen LogP contribution in [0.1, 0.15) is 11.3 Å². The van der Waals surface area contributed by atoms with Gasteiger partial charge >= 0.3 is 0 Å². The van der Waals surface area contributed by atoms with Gasteiger partial charge in [0.2, 0.25) is 5.95 Å². The molecular formula is C20H23N7O5. The number of morpholine rings is 1. The van der Waals surface area contributed by atoms with E-state index < -0.39 is 4.92 Å². The van der Waals surface area contributed by atoms with Crippen molar-refractivity contribution in [2.45, 2.75) is 13.5 Å². The van der Waals surface area contributed by atoms with Crippen molar-refractivity contribution in [3.8, 4) is 11.6 Å². The van der Waals surface area contributed by atoms with Crippen molar-refractivity contribution in [3.05, 3.63) is 52.0 Å². The Balaban J connectivity index is 1.68. The quantitative estimate of drug-likeness (QED) is 0.413. The lowest BCUT2D eigenvalue weighted by molar-refractivity contribution is -0.384. The lowest BCUT2D eigenvalue weighted by Crippen LogP contribution is -2.36. The number of ether oxygens (including phenoxy) is 2. The Labute approximate surface area is 183 Å². The van der Waals surface area contributed by atoms with Gasteiger partial charge in [-0.05, 0) is 6.92 Å². The van der Waals surface area contributed by atoms with Crippen molar-refractivity contribution in [1.29, 1.82) is 0 Å². The van der Waals surface area contributed by atoms with E-state index in [-0.39, 0.29) is 18.2 Å². The third-order valence-electron chi connectivity index (χ3n) is 5.14. The number of nitro benzene ring substituents is 1. The lowest BCUT2D eigenvalue weighted by atomic mass is 10.2. The number of hydrogen-bond donors (Lipinski definition) is 2. The van der Waals surface area contributed by atoms with Gasteiger partial charge in [0.15, 0.2) is 5.82 Å². The largest absolute Gasteiger partial charge is 0.494 e. The first-order valence-electron chi connectivity index (χ1n) is 9.95. The Morgan fingerprint density at radius 1 is 1.34 bits per heavy atom. The van der Waals surface area contributed by atoms with Crippen LogP contribution in [-0.4, -0.2) is 63.2 Å². The van der Waals surface area contributed by atoms with E-state index in [4.69, 9.17) is 9.47 Å². The minimum Gasteiger partial charge on any atom is -0.494 e. The van der Waals surface area contributed by atoms with Crippen molar-refractivity contribution in [2.24, 2.45) is 0 Å². The van der Waals surface area contributed by atoms with Crippen LogP contribution in [-0.2, 0) is 11.3 Å². The van der Waals surface area contributed by atoms with Crippen LogP contribution >= 0.6 is 0 Å². The standard InChI is InChI=1S/C20H23N7O5/c1-13-14(12-28)11-26(24-13)19-3-4-21-20(23-19)22-15-9-17(27(29)30)16(10-18(15)31-2)25-5-7-32-8-6-25/h3-4,9-11,28H,5-8,12H2,1-2H3,(H,21,22,23). The van der Waals surface area contributed by atoms with Crippen LogP contribution in [0.2, 0.25) is 0 Å². The van der Waals surface area contributed by atoms with E-state index >= 15 is 0 Å². The number of benzene rings is 1. The maximum Gasteiger partial charge on any atom is 0.294 e. The van der Waals surface area contributed by atoms with Gasteiger partial charge in [-0.1, -0.05) is 0 Å². The molecular weight excluding hydrogens is 418 g/mol. The molecule has 32 heavy (non-hydrogen) atoms. The second kappa shape index (κ2) is 9.16. The molecule has 1 aliphatic rings. The SMILES string of the molecule is COc1cc(N2CCOCC2)c([N+](=O)[O-])cc1Nc1nccc(-n2cc(CO)c(C)n2)n1. The summed E-state index contributed by atoms with van der Waals surface area (Å²) in [5, 5.41) is 28.5. The number of anilines is 3. The maximum atomic E-state index is 11.8. The molecule has 12 nitrogen and oxygen atoms in total. The van der Waals surface area contributed by atoms with E-state index in [1.54, 1.807) is 31.5 Å². The summed E-state index contributed by atoms with van der Waals surface area (Å²) in [6, 6.07) is 4.72. The number of aliphatic hydroxyl groups excluding tert-OH is 1. The van der Waals surface area contributed by atoms with Crippen LogP contribution in [0.3, 0.4) is 0 Å². The summed E-state index contributed by atoms with van der Waals surface area (Å²) >= 11 is 0. The van der Waals surface area contributed by atoms with Crippen molar-refractivity contribution in [3.63, 3.8) is 0 Å². The molecule has 2 N–H and O–H groups in total. The molecule has 1 aliphatic heterocycles. The molecule has 0 amide bonds. The highest BCUT2D eigenvalue weighted by Crippen LogP contribution is 2.39. The van der Waals surface area contributed by atoms with Gasteiger partial charge in [0.1, 0.15) is 11.4 Å². The lowest BCUT2D eigenvalue weighted by Gasteiger charge is -2.29. The molecule has 0 saturated carbocycles. The normalized spacial score (nSPS) is 13.8. The topological polar surface area (TPSA) is 141 Å². The predicted octanol–water partition coefficient (Wildman–Crippen LogP) is 1.96. The molecule has 12 heteroatoms. The number of hydrogen-bond acceptors (Lipinski definition) is 10. The number of nitrogens with one attached hydrogen (secondary N) is 1. The fourth-order valence-corrected chi connectivity index (χ4v) is 3.45. The van der Waals surface area contributed by atoms with Gasteiger partial charge in [-0.2, -0.15) is 10.1 Å². The Bertz CT molecular complexity index is 1130. The van der Waals surface area contributed by atoms with Crippen molar-refractivity contribution in [1.82, 2.24) is 19.7 Å². The van der Waals surface area contributed by atoms with Crippen LogP contribution in [0.15, 0.2) is 30.6 Å². The molecule has 0 radical (unpaired) electrons. The van der Waals surface area contributed by atoms with Crippen molar-refractivity contribution < 1.29 is 19.5 Å². The number of methoxy groups -OCH3 is 1. The summed E-state index contributed by atoms with van der Waals surface area (Å²) in [6.07, 6.45) is 3.23. The zero-order valence-corrected chi connectivity index (χ0v) is 17.7. The predicted molar refractivity (Wildman–Crippen MR) is 116 cm³/mol. The second-order valence-corrected chi connectivity index (χ2v) is 7.10. The van der Waals surface area contributed by atoms with Crippen molar-refractivity contribution >= 4 is 23.0 Å². The van der Waals surface area contributed by atoms with Gasteiger partial charge in [-0.25, -0.2) is 9.67 Å². The zero-order valence-electron chi connectivity index (χ0n) is 17.7. The third kappa shape index (κ3) is 4.31. The van der Waals surface area contributed by atoms with E-state index in [0.717, 1.165) is 0 Å². The molecule has 3 heterocycles. The molecule has 168 valence electrons. The number of nitrogens with zero attached hydrogens (tertiary/aromatic N) is 6. The number of nitro groups is 1. The highest BCUT2D eigenvalue weighted by molar-refractivity contribution is 5.77. The second-order valence-electron chi connectivity index (χ2n) is 7.10. The van der Waals surface area contributed by atoms with E-state index in [1.165, 1.54) is 17.9 Å². The summed E-state index contributed by atoms with van der Waals surface area (Å²) in [4.78, 5) is 21.9. The molecule has 3 aromatic rings. The Hall–Kier alpha value is -3.77. The number of aliphatic hydroxyl groups is 1. The van der Waals surface area contributed by atoms with Crippen LogP contribution in [0.4, 0.5) is 23.0 Å².